The quantitative estimate of drug-likeness (QED) is 0.632. The topological polar surface area (TPSA) is 73.3 Å². The third-order valence-electron chi connectivity index (χ3n) is 1.54. The largest absolute Gasteiger partial charge is 0.364 e. The number of nitrogens with two attached hydrogens (primary N) is 1. The van der Waals surface area contributed by atoms with Crippen molar-refractivity contribution in [2.75, 3.05) is 0 Å². The summed E-state index contributed by atoms with van der Waals surface area (Å²) in [6, 6.07) is 0. The van der Waals surface area contributed by atoms with Gasteiger partial charge in [0.15, 0.2) is 11.3 Å². The van der Waals surface area contributed by atoms with Gasteiger partial charge in [-0.25, -0.2) is 9.97 Å². The van der Waals surface area contributed by atoms with Crippen LogP contribution < -0.4 is 5.73 Å². The minimum Gasteiger partial charge on any atom is -0.364 e. The normalized spacial score (nSPS) is 10.3. The van der Waals surface area contributed by atoms with Crippen molar-refractivity contribution in [3.05, 3.63) is 30.5 Å². The smallest absolute Gasteiger partial charge is 0.271 e. The van der Waals surface area contributed by atoms with Crippen LogP contribution in [0.1, 0.15) is 10.5 Å². The molecule has 2 aromatic rings. The predicted molar refractivity (Wildman–Crippen MR) is 41.5 cm³/mol. The van der Waals surface area contributed by atoms with Gasteiger partial charge in [0, 0.05) is 24.8 Å². The molecular weight excluding hydrogens is 156 g/mol. The fraction of sp³-hybridized carbons (Fsp3) is 0. The first-order valence-electron chi connectivity index (χ1n) is 3.36. The highest BCUT2D eigenvalue weighted by Gasteiger charge is 2.07. The fourth-order valence-corrected chi connectivity index (χ4v) is 1.03. The molecule has 0 aliphatic heterocycles. The number of amides is 1. The Morgan fingerprint density at radius 2 is 2.00 bits per heavy atom. The molecule has 2 aromatic heterocycles. The molecule has 0 unspecified atom stereocenters. The number of carbonyl (C=O) groups excluding carboxylic acids is 1. The molecule has 5 nitrogen and oxygen atoms in total. The molecule has 0 saturated heterocycles. The van der Waals surface area contributed by atoms with E-state index in [1.165, 1.54) is 6.20 Å². The first-order valence-corrected chi connectivity index (χ1v) is 3.36. The van der Waals surface area contributed by atoms with Crippen molar-refractivity contribution in [3.8, 4) is 0 Å². The zero-order valence-corrected chi connectivity index (χ0v) is 6.14. The Labute approximate surface area is 67.9 Å². The summed E-state index contributed by atoms with van der Waals surface area (Å²) in [5.41, 5.74) is 5.77. The third-order valence-corrected chi connectivity index (χ3v) is 1.54. The highest BCUT2D eigenvalue weighted by Crippen LogP contribution is 2.03. The lowest BCUT2D eigenvalue weighted by atomic mass is 10.4. The van der Waals surface area contributed by atoms with Gasteiger partial charge in [0.1, 0.15) is 0 Å². The third kappa shape index (κ3) is 0.833. The standard InChI is InChI=1S/C7H6N4O/c8-6(12)5-7-10-2-4-11(7)3-1-9-5/h1-4H,(H2,8,12). The molecule has 60 valence electrons. The summed E-state index contributed by atoms with van der Waals surface area (Å²) < 4.78 is 1.69. The number of imidazole rings is 1. The molecule has 12 heavy (non-hydrogen) atoms. The first-order chi connectivity index (χ1) is 5.79. The lowest BCUT2D eigenvalue weighted by Gasteiger charge is -1.95. The summed E-state index contributed by atoms with van der Waals surface area (Å²) >= 11 is 0. The molecule has 0 atom stereocenters. The number of fused-ring (bicyclic) bond motifs is 1. The van der Waals surface area contributed by atoms with Crippen LogP contribution in [0.5, 0.6) is 0 Å². The number of carbonyl (C=O) groups is 1. The predicted octanol–water partition coefficient (Wildman–Crippen LogP) is -0.172. The van der Waals surface area contributed by atoms with E-state index in [0.29, 0.717) is 5.65 Å². The van der Waals surface area contributed by atoms with Crippen molar-refractivity contribution in [2.24, 2.45) is 5.73 Å². The van der Waals surface area contributed by atoms with Crippen LogP contribution in [-0.2, 0) is 0 Å². The average molecular weight is 162 g/mol. The van der Waals surface area contributed by atoms with Gasteiger partial charge in [0.05, 0.1) is 0 Å². The molecule has 0 aliphatic rings. The second-order valence-corrected chi connectivity index (χ2v) is 2.30. The zero-order chi connectivity index (χ0) is 8.55. The van der Waals surface area contributed by atoms with Crippen LogP contribution in [-0.4, -0.2) is 20.3 Å². The number of hydrogen-bond acceptors (Lipinski definition) is 3. The highest BCUT2D eigenvalue weighted by molar-refractivity contribution is 5.96. The second kappa shape index (κ2) is 2.30. The molecule has 0 aliphatic carbocycles. The van der Waals surface area contributed by atoms with Gasteiger partial charge in [0.2, 0.25) is 0 Å². The van der Waals surface area contributed by atoms with E-state index in [-0.39, 0.29) is 5.69 Å². The maximum Gasteiger partial charge on any atom is 0.271 e. The Morgan fingerprint density at radius 3 is 2.67 bits per heavy atom. The summed E-state index contributed by atoms with van der Waals surface area (Å²) in [4.78, 5) is 18.6. The van der Waals surface area contributed by atoms with Gasteiger partial charge < -0.3 is 10.1 Å². The van der Waals surface area contributed by atoms with E-state index in [4.69, 9.17) is 5.73 Å². The molecule has 0 fully saturated rings. The van der Waals surface area contributed by atoms with Crippen LogP contribution in [0.4, 0.5) is 0 Å². The lowest BCUT2D eigenvalue weighted by molar-refractivity contribution is 0.0996. The molecule has 2 heterocycles. The molecule has 0 aromatic carbocycles. The van der Waals surface area contributed by atoms with Crippen molar-refractivity contribution >= 4 is 11.6 Å². The number of nitrogens with zero attached hydrogens (tertiary/aromatic N) is 3. The molecule has 1 amide bonds. The minimum absolute atomic E-state index is 0.197. The summed E-state index contributed by atoms with van der Waals surface area (Å²) in [6.45, 7) is 0. The van der Waals surface area contributed by atoms with Crippen molar-refractivity contribution in [3.63, 3.8) is 0 Å². The average Bonchev–Trinajstić information content (AvgIpc) is 2.49. The van der Waals surface area contributed by atoms with Gasteiger partial charge in [-0.1, -0.05) is 0 Å². The molecule has 0 spiro atoms. The molecular formula is C7H6N4O. The van der Waals surface area contributed by atoms with Gasteiger partial charge in [-0.05, 0) is 0 Å². The SMILES string of the molecule is NC(=O)c1nccn2ccnc12. The van der Waals surface area contributed by atoms with E-state index >= 15 is 0 Å². The van der Waals surface area contributed by atoms with E-state index in [2.05, 4.69) is 9.97 Å². The summed E-state index contributed by atoms with van der Waals surface area (Å²) in [7, 11) is 0. The molecule has 0 saturated carbocycles. The van der Waals surface area contributed by atoms with E-state index in [0.717, 1.165) is 0 Å². The Bertz CT molecular complexity index is 434. The maximum atomic E-state index is 10.8. The fourth-order valence-electron chi connectivity index (χ4n) is 1.03. The molecule has 5 heteroatoms. The number of primary amides is 1. The second-order valence-electron chi connectivity index (χ2n) is 2.30. The van der Waals surface area contributed by atoms with E-state index in [9.17, 15) is 4.79 Å². The van der Waals surface area contributed by atoms with Crippen molar-refractivity contribution in [1.29, 1.82) is 0 Å². The zero-order valence-electron chi connectivity index (χ0n) is 6.14. The Morgan fingerprint density at radius 1 is 1.33 bits per heavy atom. The van der Waals surface area contributed by atoms with Crippen molar-refractivity contribution in [1.82, 2.24) is 14.4 Å². The van der Waals surface area contributed by atoms with Gasteiger partial charge in [-0.15, -0.1) is 0 Å². The molecule has 0 bridgehead atoms. The number of hydrogen-bond donors (Lipinski definition) is 1. The van der Waals surface area contributed by atoms with Gasteiger partial charge >= 0.3 is 0 Å². The summed E-state index contributed by atoms with van der Waals surface area (Å²) in [5, 5.41) is 0. The van der Waals surface area contributed by atoms with E-state index in [1.54, 1.807) is 23.0 Å². The number of rotatable bonds is 1. The van der Waals surface area contributed by atoms with E-state index in [1.807, 2.05) is 0 Å². The Balaban J connectivity index is 2.82. The maximum absolute atomic E-state index is 10.8. The van der Waals surface area contributed by atoms with Crippen molar-refractivity contribution in [2.45, 2.75) is 0 Å². The van der Waals surface area contributed by atoms with Crippen LogP contribution in [0.25, 0.3) is 5.65 Å². The monoisotopic (exact) mass is 162 g/mol. The van der Waals surface area contributed by atoms with Gasteiger partial charge in [-0.2, -0.15) is 0 Å². The van der Waals surface area contributed by atoms with Crippen LogP contribution in [0.2, 0.25) is 0 Å². The minimum atomic E-state index is -0.563. The highest BCUT2D eigenvalue weighted by atomic mass is 16.1. The first kappa shape index (κ1) is 6.78. The Kier molecular flexibility index (Phi) is 1.30. The van der Waals surface area contributed by atoms with Crippen molar-refractivity contribution < 1.29 is 4.79 Å². The van der Waals surface area contributed by atoms with Gasteiger partial charge in [0.25, 0.3) is 5.91 Å². The molecule has 2 rings (SSSR count). The van der Waals surface area contributed by atoms with Crippen LogP contribution in [0.3, 0.4) is 0 Å². The van der Waals surface area contributed by atoms with Crippen LogP contribution >= 0.6 is 0 Å². The molecule has 2 N–H and O–H groups in total. The number of aromatic nitrogens is 3. The van der Waals surface area contributed by atoms with E-state index < -0.39 is 5.91 Å². The van der Waals surface area contributed by atoms with Crippen LogP contribution in [0, 0.1) is 0 Å². The van der Waals surface area contributed by atoms with Crippen LogP contribution in [0.15, 0.2) is 24.8 Å². The Hall–Kier alpha value is -1.91. The molecule has 0 radical (unpaired) electrons. The summed E-state index contributed by atoms with van der Waals surface area (Å²) in [6.07, 6.45) is 6.52. The lowest BCUT2D eigenvalue weighted by Crippen LogP contribution is -2.14. The summed E-state index contributed by atoms with van der Waals surface area (Å²) in [5.74, 6) is -0.563. The van der Waals surface area contributed by atoms with Gasteiger partial charge in [-0.3, -0.25) is 4.79 Å².